The molecule has 0 aromatic heterocycles. The van der Waals surface area contributed by atoms with Gasteiger partial charge in [0.2, 0.25) is 5.78 Å². The van der Waals surface area contributed by atoms with E-state index in [1.807, 2.05) is 0 Å². The molecule has 3 aliphatic carbocycles. The molecule has 1 fully saturated rings. The molecule has 10 N–H and O–H groups in total. The van der Waals surface area contributed by atoms with Crippen LogP contribution in [-0.2, 0) is 14.4 Å². The number of aromatic hydroxyl groups is 1. The first-order chi connectivity index (χ1) is 16.3. The number of Topliss-reactive ketones (excluding diaryl/α,β-unsaturated/α-hetero) is 2. The fraction of sp³-hybridized carbons (Fsp3) is 0.458. The number of rotatable bonds is 2. The maximum atomic E-state index is 13.7. The van der Waals surface area contributed by atoms with Gasteiger partial charge in [0.05, 0.1) is 23.6 Å². The van der Waals surface area contributed by atoms with Crippen molar-refractivity contribution in [3.8, 4) is 5.75 Å². The van der Waals surface area contributed by atoms with Gasteiger partial charge < -0.3 is 41.8 Å². The van der Waals surface area contributed by atoms with Gasteiger partial charge in [0.1, 0.15) is 22.8 Å². The number of nitrogens with zero attached hydrogens (tertiary/aromatic N) is 1. The lowest BCUT2D eigenvalue weighted by Crippen LogP contribution is -2.70. The van der Waals surface area contributed by atoms with Crippen molar-refractivity contribution in [2.75, 3.05) is 20.7 Å². The predicted molar refractivity (Wildman–Crippen MR) is 134 cm³/mol. The Morgan fingerprint density at radius 3 is 2.19 bits per heavy atom. The second-order valence-electron chi connectivity index (χ2n) is 9.11. The first-order valence-corrected chi connectivity index (χ1v) is 11.0. The number of phenolic OH excluding ortho intramolecular Hbond substituents is 1. The highest BCUT2D eigenvalue weighted by Gasteiger charge is 2.68. The highest BCUT2D eigenvalue weighted by atomic mass is 35.5. The first-order valence-electron chi connectivity index (χ1n) is 11.0. The topological polar surface area (TPSA) is 233 Å². The molecule has 6 atom stereocenters. The highest BCUT2D eigenvalue weighted by molar-refractivity contribution is 6.24. The van der Waals surface area contributed by atoms with Crippen LogP contribution in [0, 0.1) is 11.8 Å². The van der Waals surface area contributed by atoms with Crippen LogP contribution in [-0.4, -0.2) is 96.9 Å². The Morgan fingerprint density at radius 1 is 1.16 bits per heavy atom. The molecule has 37 heavy (non-hydrogen) atoms. The number of benzene rings is 1. The fourth-order valence-corrected chi connectivity index (χ4v) is 5.58. The summed E-state index contributed by atoms with van der Waals surface area (Å²) < 4.78 is 0. The molecular weight excluding hydrogens is 512 g/mol. The average molecular weight is 545 g/mol. The van der Waals surface area contributed by atoms with Crippen molar-refractivity contribution in [3.05, 3.63) is 46.2 Å². The van der Waals surface area contributed by atoms with E-state index in [0.717, 1.165) is 0 Å². The molecule has 0 aliphatic heterocycles. The van der Waals surface area contributed by atoms with Gasteiger partial charge in [0, 0.05) is 18.1 Å². The molecule has 12 nitrogen and oxygen atoms in total. The number of hydrogen-bond acceptors (Lipinski definition) is 10. The molecule has 1 aromatic rings. The molecule has 206 valence electrons. The molecular formula is C24H33ClN2O10. The molecule has 0 bridgehead atoms. The van der Waals surface area contributed by atoms with Gasteiger partial charge in [-0.25, -0.2) is 0 Å². The van der Waals surface area contributed by atoms with E-state index in [9.17, 15) is 39.9 Å². The molecule has 0 radical (unpaired) electrons. The van der Waals surface area contributed by atoms with Crippen LogP contribution >= 0.6 is 12.4 Å². The van der Waals surface area contributed by atoms with Crippen LogP contribution in [0.15, 0.2) is 35.1 Å². The van der Waals surface area contributed by atoms with Crippen LogP contribution < -0.4 is 5.73 Å². The molecule has 13 heteroatoms. The second-order valence-corrected chi connectivity index (χ2v) is 9.11. The monoisotopic (exact) mass is 544 g/mol. The Morgan fingerprint density at radius 2 is 1.70 bits per heavy atom. The Balaban J connectivity index is 0.00000131. The molecule has 1 amide bonds. The smallest absolute Gasteiger partial charge is 0.255 e. The third-order valence-corrected chi connectivity index (χ3v) is 6.99. The largest absolute Gasteiger partial charge is 0.508 e. The predicted octanol–water partition coefficient (Wildman–Crippen LogP) is -0.908. The lowest BCUT2D eigenvalue weighted by molar-refractivity contribution is -0.169. The number of likely N-dealkylation sites (N-methyl/N-ethyl adjacent to an activating group) is 1. The van der Waals surface area contributed by atoms with E-state index in [4.69, 9.17) is 10.8 Å². The lowest BCUT2D eigenvalue weighted by atomic mass is 9.54. The third kappa shape index (κ3) is 4.39. The summed E-state index contributed by atoms with van der Waals surface area (Å²) in [5.41, 5.74) is 1.47. The van der Waals surface area contributed by atoms with Crippen molar-refractivity contribution in [1.29, 1.82) is 0 Å². The Kier molecular flexibility index (Phi) is 9.67. The Bertz CT molecular complexity index is 1160. The Labute approximate surface area is 219 Å². The summed E-state index contributed by atoms with van der Waals surface area (Å²) in [6.45, 7) is 3.61. The average Bonchev–Trinajstić information content (AvgIpc) is 2.76. The number of aliphatic hydroxyl groups excluding tert-OH is 4. The highest BCUT2D eigenvalue weighted by Crippen LogP contribution is 2.55. The van der Waals surface area contributed by atoms with Gasteiger partial charge in [0.25, 0.3) is 5.91 Å². The minimum Gasteiger partial charge on any atom is -0.508 e. The molecule has 3 aliphatic rings. The number of carbonyl (C=O) groups excluding carboxylic acids is 3. The van der Waals surface area contributed by atoms with E-state index in [2.05, 4.69) is 0 Å². The maximum absolute atomic E-state index is 13.7. The molecule has 0 saturated heterocycles. The Hall–Kier alpha value is -3.00. The SMILES string of the molecule is CCO.C[C@H]1c2cccc(O)c2C(O)=C2C(=O)[C@]3(O)C(O)=C(C(N)=O)C(=O)[C@@H](N(C)C)[C@H]3[C@@H](O)[C@@H]21.Cl.O. The summed E-state index contributed by atoms with van der Waals surface area (Å²) in [5, 5.41) is 62.5. The van der Waals surface area contributed by atoms with Crippen molar-refractivity contribution in [2.45, 2.75) is 37.5 Å². The molecule has 1 aromatic carbocycles. The zero-order valence-corrected chi connectivity index (χ0v) is 21.5. The molecule has 0 heterocycles. The van der Waals surface area contributed by atoms with Gasteiger partial charge in [0.15, 0.2) is 11.4 Å². The number of hydrogen-bond donors (Lipinski definition) is 7. The first kappa shape index (κ1) is 32.0. The summed E-state index contributed by atoms with van der Waals surface area (Å²) in [5.74, 6) is -8.87. The minimum atomic E-state index is -2.89. The van der Waals surface area contributed by atoms with E-state index in [-0.39, 0.29) is 35.8 Å². The number of aliphatic hydroxyl groups is 5. The molecule has 0 unspecified atom stereocenters. The summed E-state index contributed by atoms with van der Waals surface area (Å²) in [7, 11) is 2.92. The zero-order chi connectivity index (χ0) is 26.6. The number of ketones is 2. The van der Waals surface area contributed by atoms with Crippen molar-refractivity contribution >= 4 is 35.6 Å². The van der Waals surface area contributed by atoms with Crippen LogP contribution in [0.4, 0.5) is 0 Å². The summed E-state index contributed by atoms with van der Waals surface area (Å²) in [6, 6.07) is 3.13. The van der Waals surface area contributed by atoms with Crippen LogP contribution in [0.25, 0.3) is 5.76 Å². The molecule has 4 rings (SSSR count). The second kappa shape index (κ2) is 11.2. The van der Waals surface area contributed by atoms with Crippen LogP contribution in [0.5, 0.6) is 5.75 Å². The van der Waals surface area contributed by atoms with E-state index >= 15 is 0 Å². The van der Waals surface area contributed by atoms with Crippen molar-refractivity contribution in [3.63, 3.8) is 0 Å². The van der Waals surface area contributed by atoms with Gasteiger partial charge >= 0.3 is 0 Å². The third-order valence-electron chi connectivity index (χ3n) is 6.99. The van der Waals surface area contributed by atoms with Crippen LogP contribution in [0.2, 0.25) is 0 Å². The molecule has 0 spiro atoms. The summed E-state index contributed by atoms with van der Waals surface area (Å²) in [6.07, 6.45) is -1.59. The fourth-order valence-electron chi connectivity index (χ4n) is 5.58. The van der Waals surface area contributed by atoms with Crippen LogP contribution in [0.3, 0.4) is 0 Å². The van der Waals surface area contributed by atoms with Crippen LogP contribution in [0.1, 0.15) is 30.9 Å². The lowest BCUT2D eigenvalue weighted by Gasteiger charge is -2.53. The number of primary amides is 1. The van der Waals surface area contributed by atoms with Gasteiger partial charge in [-0.3, -0.25) is 19.3 Å². The van der Waals surface area contributed by atoms with Crippen molar-refractivity contribution in [1.82, 2.24) is 4.90 Å². The van der Waals surface area contributed by atoms with Crippen molar-refractivity contribution in [2.24, 2.45) is 17.6 Å². The van der Waals surface area contributed by atoms with E-state index in [1.165, 1.54) is 25.1 Å². The summed E-state index contributed by atoms with van der Waals surface area (Å²) >= 11 is 0. The number of fused-ring (bicyclic) bond motifs is 3. The number of halogens is 1. The van der Waals surface area contributed by atoms with E-state index in [1.54, 1.807) is 26.0 Å². The summed E-state index contributed by atoms with van der Waals surface area (Å²) in [4.78, 5) is 40.0. The number of carbonyl (C=O) groups is 3. The van der Waals surface area contributed by atoms with Gasteiger partial charge in [-0.05, 0) is 38.6 Å². The number of nitrogens with two attached hydrogens (primary N) is 1. The quantitative estimate of drug-likeness (QED) is 0.226. The minimum absolute atomic E-state index is 0. The van der Waals surface area contributed by atoms with Gasteiger partial charge in [-0.1, -0.05) is 19.1 Å². The number of amides is 1. The standard InChI is InChI=1S/C22H24N2O8.C2H6O.ClH.H2O/c1-7-8-5-4-6-9(25)11(8)16(26)12-10(7)17(27)14-15(24(2)3)18(28)13(21(23)31)20(30)22(14,32)19(12)29;1-2-3;;/h4-7,10,14-15,17,25-27,30,32H,1-3H3,(H2,23,31);3H,2H2,1H3;1H;1H2/t7-,10+,14-,15-,17-,22-;;;/m0.../s1. The van der Waals surface area contributed by atoms with E-state index in [0.29, 0.717) is 5.56 Å². The molecule has 1 saturated carbocycles. The normalized spacial score (nSPS) is 30.2. The van der Waals surface area contributed by atoms with Gasteiger partial charge in [-0.2, -0.15) is 0 Å². The number of phenols is 1. The van der Waals surface area contributed by atoms with Gasteiger partial charge in [-0.15, -0.1) is 12.4 Å². The van der Waals surface area contributed by atoms with E-state index < -0.39 is 75.6 Å². The van der Waals surface area contributed by atoms with Crippen molar-refractivity contribution < 1.29 is 50.5 Å². The maximum Gasteiger partial charge on any atom is 0.255 e. The zero-order valence-electron chi connectivity index (χ0n) is 20.7.